The van der Waals surface area contributed by atoms with Gasteiger partial charge in [0, 0.05) is 53.0 Å². The van der Waals surface area contributed by atoms with Crippen LogP contribution in [0.4, 0.5) is 0 Å². The van der Waals surface area contributed by atoms with Gasteiger partial charge in [0.1, 0.15) is 18.4 Å². The van der Waals surface area contributed by atoms with Gasteiger partial charge in [-0.05, 0) is 55.8 Å². The van der Waals surface area contributed by atoms with E-state index in [9.17, 15) is 19.5 Å². The molecule has 246 valence electrons. The van der Waals surface area contributed by atoms with Crippen LogP contribution in [0.3, 0.4) is 0 Å². The lowest BCUT2D eigenvalue weighted by molar-refractivity contribution is -0.697. The number of carbonyl (C=O) groups is 3. The number of esters is 1. The fourth-order valence-electron chi connectivity index (χ4n) is 8.63. The molecule has 2 N–H and O–H groups in total. The molecule has 0 aromatic carbocycles. The van der Waals surface area contributed by atoms with Gasteiger partial charge in [0.2, 0.25) is 0 Å². The molecule has 0 amide bonds. The maximum Gasteiger partial charge on any atom is 0.316 e. The minimum Gasteiger partial charge on any atom is -1.00 e. The van der Waals surface area contributed by atoms with Crippen LogP contribution in [0.2, 0.25) is 0 Å². The highest BCUT2D eigenvalue weighted by molar-refractivity contribution is 8.00. The predicted molar refractivity (Wildman–Crippen MR) is 167 cm³/mol. The van der Waals surface area contributed by atoms with Gasteiger partial charge in [-0.3, -0.25) is 14.4 Å². The van der Waals surface area contributed by atoms with Gasteiger partial charge in [-0.25, -0.2) is 4.57 Å². The first-order valence-corrected chi connectivity index (χ1v) is 17.2. The van der Waals surface area contributed by atoms with Crippen LogP contribution in [-0.4, -0.2) is 45.9 Å². The molecule has 9 heteroatoms. The smallest absolute Gasteiger partial charge is 0.316 e. The van der Waals surface area contributed by atoms with Crippen LogP contribution in [0.25, 0.3) is 0 Å². The predicted octanol–water partition coefficient (Wildman–Crippen LogP) is 3.40. The maximum absolute atomic E-state index is 13.6. The van der Waals surface area contributed by atoms with Crippen molar-refractivity contribution in [3.63, 3.8) is 0 Å². The summed E-state index contributed by atoms with van der Waals surface area (Å²) in [5, 5.41) is 20.4. The third kappa shape index (κ3) is 7.56. The largest absolute Gasteiger partial charge is 1.00 e. The number of aliphatic hydroxyl groups is 1. The highest BCUT2D eigenvalue weighted by Gasteiger charge is 2.68. The van der Waals surface area contributed by atoms with Crippen LogP contribution in [0.15, 0.2) is 42.1 Å². The Morgan fingerprint density at radius 1 is 1.11 bits per heavy atom. The third-order valence-corrected chi connectivity index (χ3v) is 12.6. The Kier molecular flexibility index (Phi) is 13.0. The molecule has 3 aliphatic carbocycles. The molecule has 2 bridgehead atoms. The van der Waals surface area contributed by atoms with Gasteiger partial charge in [0.25, 0.3) is 0 Å². The van der Waals surface area contributed by atoms with Crippen molar-refractivity contribution in [1.29, 1.82) is 0 Å². The first kappa shape index (κ1) is 37.0. The molecule has 3 saturated carbocycles. The Bertz CT molecular complexity index is 1180. The molecular formula is C35H52INO6S. The number of carboxylic acids is 1. The summed E-state index contributed by atoms with van der Waals surface area (Å²) in [5.41, 5.74) is -1.41. The number of aliphatic hydroxyl groups excluding tert-OH is 1. The lowest BCUT2D eigenvalue weighted by Gasteiger charge is -2.61. The van der Waals surface area contributed by atoms with Gasteiger partial charge in [0.15, 0.2) is 12.4 Å². The van der Waals surface area contributed by atoms with Crippen LogP contribution in [-0.2, 0) is 25.7 Å². The standard InChI is InChI=1S/C35H51NO6S.HI/c1-6-33(4)22-28(34(5)24(2)13-17-35(25(3)32(33)41)18-14-27(37)31(34)35)42-30(40)23-43-26-15-20-36(21-16-26)19-11-9-7-8-10-12-29(38)39;/h6,15-16,20-21,24-25,28,31-32,41H,1,7-14,17-19,22-23H2,2-5H3;1H/t24-,25+,28-,31+,32+,33-,34+,35+;/m1./s1. The van der Waals surface area contributed by atoms with Crippen LogP contribution in [0.1, 0.15) is 98.3 Å². The molecule has 0 spiro atoms. The molecule has 3 aliphatic rings. The Morgan fingerprint density at radius 3 is 2.43 bits per heavy atom. The molecular weight excluding hydrogens is 689 g/mol. The molecule has 3 fully saturated rings. The van der Waals surface area contributed by atoms with E-state index in [-0.39, 0.29) is 71.1 Å². The van der Waals surface area contributed by atoms with E-state index < -0.39 is 29.0 Å². The zero-order valence-corrected chi connectivity index (χ0v) is 29.9. The van der Waals surface area contributed by atoms with E-state index in [1.807, 2.05) is 37.5 Å². The number of ether oxygens (including phenoxy) is 1. The summed E-state index contributed by atoms with van der Waals surface area (Å²) in [6.07, 6.45) is 13.5. The second-order valence-electron chi connectivity index (χ2n) is 14.0. The molecule has 0 aliphatic heterocycles. The topological polar surface area (TPSA) is 105 Å². The van der Waals surface area contributed by atoms with Crippen LogP contribution in [0.5, 0.6) is 0 Å². The van der Waals surface area contributed by atoms with E-state index in [4.69, 9.17) is 9.84 Å². The number of halogens is 1. The highest BCUT2D eigenvalue weighted by Crippen LogP contribution is 2.68. The number of hydrogen-bond donors (Lipinski definition) is 2. The van der Waals surface area contributed by atoms with Gasteiger partial charge in [0.05, 0.1) is 11.9 Å². The number of hydrogen-bond acceptors (Lipinski definition) is 6. The fourth-order valence-corrected chi connectivity index (χ4v) is 9.29. The Hall–Kier alpha value is -1.46. The average Bonchev–Trinajstić information content (AvgIpc) is 3.34. The number of aromatic nitrogens is 1. The molecule has 1 heterocycles. The zero-order valence-electron chi connectivity index (χ0n) is 26.9. The number of rotatable bonds is 13. The van der Waals surface area contributed by atoms with E-state index in [1.54, 1.807) is 0 Å². The second-order valence-corrected chi connectivity index (χ2v) is 15.1. The van der Waals surface area contributed by atoms with Crippen LogP contribution >= 0.6 is 11.8 Å². The molecule has 7 nitrogen and oxygen atoms in total. The van der Waals surface area contributed by atoms with Crippen molar-refractivity contribution in [2.24, 2.45) is 34.0 Å². The first-order chi connectivity index (χ1) is 20.4. The number of Topliss-reactive ketones (excluding diaryl/α,β-unsaturated/α-hetero) is 1. The number of carboxylic acid groups (broad SMARTS) is 1. The Labute approximate surface area is 285 Å². The second kappa shape index (κ2) is 15.4. The molecule has 0 radical (unpaired) electrons. The van der Waals surface area contributed by atoms with Gasteiger partial charge in [-0.1, -0.05) is 46.6 Å². The highest BCUT2D eigenvalue weighted by atomic mass is 127. The maximum atomic E-state index is 13.6. The van der Waals surface area contributed by atoms with Crippen molar-refractivity contribution < 1.29 is 57.9 Å². The van der Waals surface area contributed by atoms with Crippen LogP contribution in [0, 0.1) is 34.0 Å². The SMILES string of the molecule is C=C[C@]1(C)C[C@@H](OC(=O)CSc2cc[n+](CCCCCCCC(=O)O)cc2)[C@]2(C)[C@H](C)CC[C@]3(CCC(=O)[C@H]32)[C@@H](C)[C@@H]1O.[I-]. The lowest BCUT2D eigenvalue weighted by Crippen LogP contribution is -3.00. The molecule has 44 heavy (non-hydrogen) atoms. The van der Waals surface area contributed by atoms with E-state index in [1.165, 1.54) is 11.8 Å². The van der Waals surface area contributed by atoms with Crippen molar-refractivity contribution in [2.75, 3.05) is 5.75 Å². The molecule has 0 saturated heterocycles. The number of thioether (sulfide) groups is 1. The summed E-state index contributed by atoms with van der Waals surface area (Å²) >= 11 is 1.45. The van der Waals surface area contributed by atoms with E-state index in [0.717, 1.165) is 62.8 Å². The third-order valence-electron chi connectivity index (χ3n) is 11.6. The van der Waals surface area contributed by atoms with Crippen LogP contribution < -0.4 is 28.5 Å². The molecule has 1 aromatic rings. The number of unbranched alkanes of at least 4 members (excludes halogenated alkanes) is 4. The summed E-state index contributed by atoms with van der Waals surface area (Å²) in [6, 6.07) is 4.03. The van der Waals surface area contributed by atoms with Crippen molar-refractivity contribution in [3.05, 3.63) is 37.2 Å². The molecule has 4 rings (SSSR count). The van der Waals surface area contributed by atoms with Gasteiger partial charge in [-0.15, -0.1) is 18.3 Å². The minimum atomic E-state index is -0.725. The number of aryl methyl sites for hydroxylation is 1. The number of nitrogens with zero attached hydrogens (tertiary/aromatic N) is 1. The van der Waals surface area contributed by atoms with Crippen molar-refractivity contribution in [2.45, 2.75) is 122 Å². The summed E-state index contributed by atoms with van der Waals surface area (Å²) in [4.78, 5) is 38.6. The Balaban J connectivity index is 0.00000529. The summed E-state index contributed by atoms with van der Waals surface area (Å²) < 4.78 is 8.50. The zero-order chi connectivity index (χ0) is 31.4. The monoisotopic (exact) mass is 741 g/mol. The summed E-state index contributed by atoms with van der Waals surface area (Å²) in [7, 11) is 0. The fraction of sp³-hybridized carbons (Fsp3) is 0.714. The van der Waals surface area contributed by atoms with Gasteiger partial charge >= 0.3 is 11.9 Å². The van der Waals surface area contributed by atoms with E-state index >= 15 is 0 Å². The molecule has 1 aromatic heterocycles. The number of carbonyl (C=O) groups excluding carboxylic acids is 2. The van der Waals surface area contributed by atoms with Gasteiger partial charge < -0.3 is 38.9 Å². The normalized spacial score (nSPS) is 34.7. The average molecular weight is 742 g/mol. The number of aliphatic carboxylic acids is 1. The quantitative estimate of drug-likeness (QED) is 0.0799. The lowest BCUT2D eigenvalue weighted by atomic mass is 9.44. The Morgan fingerprint density at radius 2 is 1.77 bits per heavy atom. The van der Waals surface area contributed by atoms with Crippen molar-refractivity contribution >= 4 is 29.5 Å². The van der Waals surface area contributed by atoms with Crippen molar-refractivity contribution in [3.8, 4) is 0 Å². The molecule has 0 unspecified atom stereocenters. The summed E-state index contributed by atoms with van der Waals surface area (Å²) in [5.74, 6) is -0.631. The number of ketones is 1. The minimum absolute atomic E-state index is 0. The first-order valence-electron chi connectivity index (χ1n) is 16.2. The number of pyridine rings is 1. The molecule has 8 atom stereocenters. The van der Waals surface area contributed by atoms with Crippen molar-refractivity contribution in [1.82, 2.24) is 0 Å². The summed E-state index contributed by atoms with van der Waals surface area (Å²) in [6.45, 7) is 13.5. The van der Waals surface area contributed by atoms with E-state index in [2.05, 4.69) is 31.9 Å². The van der Waals surface area contributed by atoms with Gasteiger partial charge in [-0.2, -0.15) is 0 Å². The van der Waals surface area contributed by atoms with E-state index in [0.29, 0.717) is 12.8 Å².